The van der Waals surface area contributed by atoms with Crippen LogP contribution in [0, 0.1) is 0 Å². The van der Waals surface area contributed by atoms with Crippen molar-refractivity contribution in [1.82, 2.24) is 10.6 Å². The van der Waals surface area contributed by atoms with Crippen molar-refractivity contribution in [3.8, 4) is 11.5 Å². The molecule has 27 heavy (non-hydrogen) atoms. The molecule has 0 bridgehead atoms. The molecule has 0 saturated heterocycles. The molecule has 1 aromatic rings. The molecule has 0 aromatic heterocycles. The quantitative estimate of drug-likeness (QED) is 0.737. The van der Waals surface area contributed by atoms with Gasteiger partial charge in [0.2, 0.25) is 0 Å². The molecule has 2 N–H and O–H groups in total. The molecule has 0 unspecified atom stereocenters. The minimum Gasteiger partial charge on any atom is -0.493 e. The van der Waals surface area contributed by atoms with Gasteiger partial charge in [-0.15, -0.1) is 0 Å². The number of benzene rings is 1. The summed E-state index contributed by atoms with van der Waals surface area (Å²) in [7, 11) is 2.86. The number of rotatable bonds is 6. The van der Waals surface area contributed by atoms with Crippen molar-refractivity contribution in [1.29, 1.82) is 0 Å². The van der Waals surface area contributed by atoms with Gasteiger partial charge in [-0.1, -0.05) is 25.3 Å². The van der Waals surface area contributed by atoms with E-state index in [1.54, 1.807) is 12.1 Å². The lowest BCUT2D eigenvalue weighted by Gasteiger charge is -2.23. The molecule has 1 fully saturated rings. The average Bonchev–Trinajstić information content (AvgIpc) is 2.67. The molecule has 148 valence electrons. The van der Waals surface area contributed by atoms with Gasteiger partial charge in [0, 0.05) is 6.04 Å². The Morgan fingerprint density at radius 1 is 1.07 bits per heavy atom. The van der Waals surface area contributed by atoms with Gasteiger partial charge in [0.1, 0.15) is 5.56 Å². The lowest BCUT2D eigenvalue weighted by Crippen LogP contribution is -2.48. The molecular formula is C19H26N2O6. The first-order valence-electron chi connectivity index (χ1n) is 8.99. The zero-order valence-electron chi connectivity index (χ0n) is 15.9. The van der Waals surface area contributed by atoms with Gasteiger partial charge >= 0.3 is 12.0 Å². The summed E-state index contributed by atoms with van der Waals surface area (Å²) < 4.78 is 15.5. The van der Waals surface area contributed by atoms with Crippen molar-refractivity contribution in [2.45, 2.75) is 51.2 Å². The number of nitrogens with one attached hydrogen (secondary N) is 2. The number of esters is 1. The summed E-state index contributed by atoms with van der Waals surface area (Å²) in [4.78, 5) is 36.5. The predicted molar refractivity (Wildman–Crippen MR) is 98.0 cm³/mol. The van der Waals surface area contributed by atoms with Gasteiger partial charge in [-0.05, 0) is 31.9 Å². The standard InChI is InChI=1S/C19H26N2O6/c1-12(17(22)21-19(24)20-13-8-5-4-6-9-13)27-18(23)14-10-7-11-15(25-2)16(14)26-3/h7,10-13H,4-6,8-9H2,1-3H3,(H2,20,21,22,24)/t12-/m0/s1. The van der Waals surface area contributed by atoms with Gasteiger partial charge in [0.05, 0.1) is 14.2 Å². The summed E-state index contributed by atoms with van der Waals surface area (Å²) in [5, 5.41) is 4.99. The molecule has 1 saturated carbocycles. The monoisotopic (exact) mass is 378 g/mol. The maximum atomic E-state index is 12.4. The molecule has 3 amide bonds. The summed E-state index contributed by atoms with van der Waals surface area (Å²) in [5.74, 6) is -0.858. The Balaban J connectivity index is 1.91. The van der Waals surface area contributed by atoms with E-state index in [9.17, 15) is 14.4 Å². The minimum absolute atomic E-state index is 0.0745. The SMILES string of the molecule is COc1cccc(C(=O)O[C@@H](C)C(=O)NC(=O)NC2CCCCC2)c1OC. The number of hydrogen-bond donors (Lipinski definition) is 2. The average molecular weight is 378 g/mol. The highest BCUT2D eigenvalue weighted by molar-refractivity contribution is 5.99. The van der Waals surface area contributed by atoms with E-state index in [1.165, 1.54) is 33.6 Å². The Bertz CT molecular complexity index is 685. The second-order valence-electron chi connectivity index (χ2n) is 6.39. The second-order valence-corrected chi connectivity index (χ2v) is 6.39. The zero-order valence-corrected chi connectivity index (χ0v) is 15.9. The maximum absolute atomic E-state index is 12.4. The number of imide groups is 1. The molecule has 0 heterocycles. The molecule has 0 aliphatic heterocycles. The van der Waals surface area contributed by atoms with E-state index < -0.39 is 24.0 Å². The lowest BCUT2D eigenvalue weighted by molar-refractivity contribution is -0.127. The largest absolute Gasteiger partial charge is 0.493 e. The molecule has 8 nitrogen and oxygen atoms in total. The number of ether oxygens (including phenoxy) is 3. The van der Waals surface area contributed by atoms with Crippen molar-refractivity contribution in [2.24, 2.45) is 0 Å². The second kappa shape index (κ2) is 9.80. The van der Waals surface area contributed by atoms with Crippen LogP contribution in [0.4, 0.5) is 4.79 Å². The zero-order chi connectivity index (χ0) is 19.8. The number of carbonyl (C=O) groups excluding carboxylic acids is 3. The number of methoxy groups -OCH3 is 2. The van der Waals surface area contributed by atoms with Crippen LogP contribution < -0.4 is 20.1 Å². The highest BCUT2D eigenvalue weighted by Crippen LogP contribution is 2.31. The first kappa shape index (κ1) is 20.5. The van der Waals surface area contributed by atoms with Gasteiger partial charge in [-0.2, -0.15) is 0 Å². The number of carbonyl (C=O) groups is 3. The van der Waals surface area contributed by atoms with E-state index in [2.05, 4.69) is 10.6 Å². The fraction of sp³-hybridized carbons (Fsp3) is 0.526. The number of hydrogen-bond acceptors (Lipinski definition) is 6. The van der Waals surface area contributed by atoms with E-state index >= 15 is 0 Å². The molecular weight excluding hydrogens is 352 g/mol. The van der Waals surface area contributed by atoms with Crippen LogP contribution in [-0.2, 0) is 9.53 Å². The Labute approximate surface area is 158 Å². The molecule has 8 heteroatoms. The highest BCUT2D eigenvalue weighted by atomic mass is 16.6. The number of urea groups is 1. The summed E-state index contributed by atoms with van der Waals surface area (Å²) in [6.07, 6.45) is 3.96. The topological polar surface area (TPSA) is 103 Å². The van der Waals surface area contributed by atoms with Gasteiger partial charge in [0.15, 0.2) is 17.6 Å². The molecule has 1 aromatic carbocycles. The van der Waals surface area contributed by atoms with Crippen LogP contribution in [0.2, 0.25) is 0 Å². The van der Waals surface area contributed by atoms with Crippen LogP contribution in [0.5, 0.6) is 11.5 Å². The van der Waals surface area contributed by atoms with E-state index in [4.69, 9.17) is 14.2 Å². The first-order chi connectivity index (χ1) is 13.0. The molecule has 1 aliphatic carbocycles. The Morgan fingerprint density at radius 2 is 1.78 bits per heavy atom. The summed E-state index contributed by atoms with van der Waals surface area (Å²) in [6, 6.07) is 4.25. The van der Waals surface area contributed by atoms with Gasteiger partial charge < -0.3 is 19.5 Å². The van der Waals surface area contributed by atoms with Crippen LogP contribution in [0.25, 0.3) is 0 Å². The van der Waals surface area contributed by atoms with Crippen LogP contribution in [0.3, 0.4) is 0 Å². The Kier molecular flexibility index (Phi) is 7.45. The van der Waals surface area contributed by atoms with E-state index in [-0.39, 0.29) is 17.4 Å². The van der Waals surface area contributed by atoms with E-state index in [0.717, 1.165) is 25.7 Å². The van der Waals surface area contributed by atoms with Gasteiger partial charge in [0.25, 0.3) is 5.91 Å². The first-order valence-corrected chi connectivity index (χ1v) is 8.99. The predicted octanol–water partition coefficient (Wildman–Crippen LogP) is 2.41. The fourth-order valence-corrected chi connectivity index (χ4v) is 3.01. The molecule has 0 spiro atoms. The molecule has 0 radical (unpaired) electrons. The minimum atomic E-state index is -1.15. The van der Waals surface area contributed by atoms with Crippen molar-refractivity contribution >= 4 is 17.9 Å². The normalized spacial score (nSPS) is 15.4. The van der Waals surface area contributed by atoms with Crippen molar-refractivity contribution in [3.63, 3.8) is 0 Å². The molecule has 2 rings (SSSR count). The molecule has 1 atom stereocenters. The Morgan fingerprint density at radius 3 is 2.41 bits per heavy atom. The van der Waals surface area contributed by atoms with Crippen LogP contribution >= 0.6 is 0 Å². The van der Waals surface area contributed by atoms with Crippen LogP contribution in [0.15, 0.2) is 18.2 Å². The maximum Gasteiger partial charge on any atom is 0.342 e. The van der Waals surface area contributed by atoms with Crippen molar-refractivity contribution in [2.75, 3.05) is 14.2 Å². The lowest BCUT2D eigenvalue weighted by atomic mass is 9.96. The fourth-order valence-electron chi connectivity index (χ4n) is 3.01. The van der Waals surface area contributed by atoms with E-state index in [1.807, 2.05) is 0 Å². The number of para-hydroxylation sites is 1. The van der Waals surface area contributed by atoms with Crippen molar-refractivity contribution < 1.29 is 28.6 Å². The summed E-state index contributed by atoms with van der Waals surface area (Å²) in [5.41, 5.74) is 0.128. The smallest absolute Gasteiger partial charge is 0.342 e. The van der Waals surface area contributed by atoms with Crippen LogP contribution in [0.1, 0.15) is 49.4 Å². The highest BCUT2D eigenvalue weighted by Gasteiger charge is 2.25. The van der Waals surface area contributed by atoms with Gasteiger partial charge in [-0.3, -0.25) is 10.1 Å². The molecule has 1 aliphatic rings. The Hall–Kier alpha value is -2.77. The van der Waals surface area contributed by atoms with Crippen LogP contribution in [-0.4, -0.2) is 44.3 Å². The van der Waals surface area contributed by atoms with Gasteiger partial charge in [-0.25, -0.2) is 9.59 Å². The van der Waals surface area contributed by atoms with Crippen molar-refractivity contribution in [3.05, 3.63) is 23.8 Å². The third-order valence-electron chi connectivity index (χ3n) is 4.45. The number of amides is 3. The van der Waals surface area contributed by atoms with E-state index in [0.29, 0.717) is 5.75 Å². The third kappa shape index (κ3) is 5.60. The third-order valence-corrected chi connectivity index (χ3v) is 4.45. The summed E-state index contributed by atoms with van der Waals surface area (Å²) in [6.45, 7) is 1.40. The summed E-state index contributed by atoms with van der Waals surface area (Å²) >= 11 is 0.